The van der Waals surface area contributed by atoms with E-state index in [2.05, 4.69) is 225 Å². The highest BCUT2D eigenvalue weighted by atomic mass is 19.1. The molecule has 104 heavy (non-hydrogen) atoms. The van der Waals surface area contributed by atoms with Crippen LogP contribution in [0.3, 0.4) is 0 Å². The predicted octanol–water partition coefficient (Wildman–Crippen LogP) is 23.8. The molecule has 0 saturated carbocycles. The summed E-state index contributed by atoms with van der Waals surface area (Å²) in [4.78, 5) is 3.34. The molecule has 12 aromatic rings. The summed E-state index contributed by atoms with van der Waals surface area (Å²) in [6.07, 6.45) is 1.92. The van der Waals surface area contributed by atoms with Crippen molar-refractivity contribution < 1.29 is 36.5 Å². The van der Waals surface area contributed by atoms with Crippen LogP contribution in [0.1, 0.15) is 124 Å². The van der Waals surface area contributed by atoms with Gasteiger partial charge in [-0.15, -0.1) is 0 Å². The summed E-state index contributed by atoms with van der Waals surface area (Å²) in [6, 6.07) is 87.2. The molecule has 2 aliphatic carbocycles. The molecule has 0 amide bonds. The molecular weight excluding hydrogens is 1300 g/mol. The maximum atomic E-state index is 16.8. The van der Waals surface area contributed by atoms with Crippen molar-refractivity contribution in [2.75, 3.05) is 49.4 Å². The maximum absolute atomic E-state index is 16.8. The van der Waals surface area contributed by atoms with E-state index in [9.17, 15) is 0 Å². The van der Waals surface area contributed by atoms with Crippen LogP contribution < -0.4 is 19.3 Å². The number of hydrogen-bond donors (Lipinski definition) is 0. The van der Waals surface area contributed by atoms with Gasteiger partial charge in [-0.1, -0.05) is 225 Å². The number of hydrogen-bond acceptors (Lipinski definition) is 6. The Hall–Kier alpha value is -10.5. The fraction of sp³-hybridized carbons (Fsp3) is 0.234. The summed E-state index contributed by atoms with van der Waals surface area (Å²) < 4.78 is 91.6. The van der Waals surface area contributed by atoms with E-state index in [0.29, 0.717) is 62.4 Å². The summed E-state index contributed by atoms with van der Waals surface area (Å²) in [6.45, 7) is 21.5. The number of anilines is 6. The molecule has 10 heteroatoms. The summed E-state index contributed by atoms with van der Waals surface area (Å²) >= 11 is 0. The van der Waals surface area contributed by atoms with Crippen LogP contribution in [0.5, 0.6) is 11.5 Å². The molecule has 2 atom stereocenters. The Morgan fingerprint density at radius 3 is 0.952 bits per heavy atom. The van der Waals surface area contributed by atoms with Crippen LogP contribution >= 0.6 is 0 Å². The standard InChI is InChI=1S/C94H84F4N2O4/c1-9-91(55-101-56-91)59-103-73-47-37-67(38-48-73)93(65-33-29-63(30-34-65)89(3,4)5)79-19-13-11-17-75(79)77-51-45-71(53-81(77)93)99(87-83(95)21-15-22-84(87)96)69-41-25-61(26-42-69)62-27-43-70(44-28-62)100(88-85(97)23-16-24-86(88)98)72-46-52-78-76-18-12-14-20-80(76)94(82(78)54-72,66-35-31-64(32-36-66)90(6,7)8)68-39-49-74(50-40-68)104-60-92(10-2)57-102-58-92/h11-54H,9-10,55-60H2,1-8H3. The van der Waals surface area contributed by atoms with Gasteiger partial charge in [0.2, 0.25) is 0 Å². The van der Waals surface area contributed by atoms with E-state index in [-0.39, 0.29) is 33.0 Å². The van der Waals surface area contributed by atoms with Crippen LogP contribution in [0.2, 0.25) is 0 Å². The lowest BCUT2D eigenvalue weighted by atomic mass is 9.67. The van der Waals surface area contributed by atoms with E-state index < -0.39 is 34.1 Å². The Morgan fingerprint density at radius 2 is 0.644 bits per heavy atom. The third kappa shape index (κ3) is 11.5. The highest BCUT2D eigenvalue weighted by Crippen LogP contribution is 2.60. The first-order valence-electron chi connectivity index (χ1n) is 36.3. The van der Waals surface area contributed by atoms with E-state index in [4.69, 9.17) is 18.9 Å². The molecule has 0 N–H and O–H groups in total. The van der Waals surface area contributed by atoms with Gasteiger partial charge in [0, 0.05) is 22.7 Å². The summed E-state index contributed by atoms with van der Waals surface area (Å²) in [5.74, 6) is -1.38. The van der Waals surface area contributed by atoms with Crippen LogP contribution in [0.4, 0.5) is 51.7 Å². The molecule has 2 heterocycles. The van der Waals surface area contributed by atoms with E-state index in [0.717, 1.165) is 102 Å². The second kappa shape index (κ2) is 26.3. The van der Waals surface area contributed by atoms with Gasteiger partial charge in [-0.2, -0.15) is 0 Å². The second-order valence-electron chi connectivity index (χ2n) is 30.9. The van der Waals surface area contributed by atoms with Gasteiger partial charge < -0.3 is 28.7 Å². The van der Waals surface area contributed by atoms with Gasteiger partial charge in [-0.05, 0) is 210 Å². The summed E-state index contributed by atoms with van der Waals surface area (Å²) in [7, 11) is 0. The Bertz CT molecular complexity index is 4810. The molecule has 0 radical (unpaired) electrons. The molecule has 2 aliphatic heterocycles. The van der Waals surface area contributed by atoms with E-state index in [1.165, 1.54) is 47.5 Å². The fourth-order valence-corrected chi connectivity index (χ4v) is 16.3. The molecule has 0 spiro atoms. The van der Waals surface area contributed by atoms with Gasteiger partial charge >= 0.3 is 0 Å². The first-order chi connectivity index (χ1) is 50.3. The summed E-state index contributed by atoms with van der Waals surface area (Å²) in [5, 5.41) is 0. The Labute approximate surface area is 608 Å². The molecule has 2 unspecified atom stereocenters. The quantitative estimate of drug-likeness (QED) is 0.0752. The molecule has 522 valence electrons. The van der Waals surface area contributed by atoms with Crippen molar-refractivity contribution in [2.24, 2.45) is 10.8 Å². The van der Waals surface area contributed by atoms with Gasteiger partial charge in [-0.3, -0.25) is 0 Å². The Kier molecular flexibility index (Phi) is 17.2. The lowest BCUT2D eigenvalue weighted by Crippen LogP contribution is -2.46. The minimum absolute atomic E-state index is 0.00526. The number of rotatable bonds is 19. The normalized spacial score (nSPS) is 17.4. The molecule has 6 nitrogen and oxygen atoms in total. The molecule has 2 fully saturated rings. The highest BCUT2D eigenvalue weighted by molar-refractivity contribution is 5.92. The first kappa shape index (κ1) is 67.9. The smallest absolute Gasteiger partial charge is 0.150 e. The van der Waals surface area contributed by atoms with Crippen molar-refractivity contribution in [1.29, 1.82) is 0 Å². The molecule has 4 aliphatic rings. The molecule has 12 aromatic carbocycles. The van der Waals surface area contributed by atoms with Gasteiger partial charge in [0.05, 0.1) is 61.3 Å². The number of halogens is 4. The minimum Gasteiger partial charge on any atom is -0.493 e. The first-order valence-corrected chi connectivity index (χ1v) is 36.3. The number of nitrogens with zero attached hydrogens (tertiary/aromatic N) is 2. The maximum Gasteiger partial charge on any atom is 0.150 e. The van der Waals surface area contributed by atoms with E-state index >= 15 is 17.6 Å². The van der Waals surface area contributed by atoms with Gasteiger partial charge in [0.1, 0.15) is 46.1 Å². The molecule has 0 bridgehead atoms. The van der Waals surface area contributed by atoms with E-state index in [1.807, 2.05) is 60.7 Å². The van der Waals surface area contributed by atoms with Crippen molar-refractivity contribution in [1.82, 2.24) is 0 Å². The SMILES string of the molecule is CCC1(COc2ccc(C3(c4ccc(C(C)(C)C)cc4)c4ccccc4-c4ccc(N(c5ccc(-c6ccc(N(c7ccc8c(c7)C(c7ccc(OCC9(CC)COC9)cc7)(c7ccc(C(C)(C)C)cc7)c7ccccc7-8)c7c(F)cccc7F)cc6)cc5)c5c(F)cccc5F)cc43)cc2)COC1. The van der Waals surface area contributed by atoms with Crippen LogP contribution in [0, 0.1) is 34.1 Å². The lowest BCUT2D eigenvalue weighted by Gasteiger charge is -2.40. The highest BCUT2D eigenvalue weighted by Gasteiger charge is 2.49. The second-order valence-corrected chi connectivity index (χ2v) is 30.9. The van der Waals surface area contributed by atoms with Crippen LogP contribution in [-0.2, 0) is 31.1 Å². The van der Waals surface area contributed by atoms with Crippen molar-refractivity contribution in [3.63, 3.8) is 0 Å². The third-order valence-electron chi connectivity index (χ3n) is 22.6. The molecular formula is C94H84F4N2O4. The Morgan fingerprint density at radius 1 is 0.337 bits per heavy atom. The van der Waals surface area contributed by atoms with Crippen molar-refractivity contribution >= 4 is 34.1 Å². The lowest BCUT2D eigenvalue weighted by molar-refractivity contribution is -0.133. The average molecular weight is 1380 g/mol. The van der Waals surface area contributed by atoms with Gasteiger partial charge in [-0.25, -0.2) is 17.6 Å². The molecule has 0 aromatic heterocycles. The van der Waals surface area contributed by atoms with Crippen molar-refractivity contribution in [3.05, 3.63) is 346 Å². The van der Waals surface area contributed by atoms with E-state index in [1.54, 1.807) is 9.80 Å². The summed E-state index contributed by atoms with van der Waals surface area (Å²) in [5.41, 5.74) is 16.0. The largest absolute Gasteiger partial charge is 0.493 e. The average Bonchev–Trinajstić information content (AvgIpc) is 1.53. The molecule has 16 rings (SSSR count). The van der Waals surface area contributed by atoms with Gasteiger partial charge in [0.25, 0.3) is 0 Å². The zero-order valence-corrected chi connectivity index (χ0v) is 60.1. The van der Waals surface area contributed by atoms with Crippen molar-refractivity contribution in [3.8, 4) is 44.9 Å². The number of benzene rings is 12. The zero-order chi connectivity index (χ0) is 71.9. The monoisotopic (exact) mass is 1380 g/mol. The fourth-order valence-electron chi connectivity index (χ4n) is 16.3. The minimum atomic E-state index is -0.880. The third-order valence-corrected chi connectivity index (χ3v) is 22.6. The van der Waals surface area contributed by atoms with Crippen LogP contribution in [0.25, 0.3) is 33.4 Å². The zero-order valence-electron chi connectivity index (χ0n) is 60.1. The van der Waals surface area contributed by atoms with Crippen molar-refractivity contribution in [2.45, 2.75) is 89.9 Å². The Balaban J connectivity index is 0.784. The topological polar surface area (TPSA) is 43.4 Å². The molecule has 2 saturated heterocycles. The van der Waals surface area contributed by atoms with Crippen LogP contribution in [-0.4, -0.2) is 39.6 Å². The number of ether oxygens (including phenoxy) is 4. The number of para-hydroxylation sites is 2. The number of fused-ring (bicyclic) bond motifs is 6. The van der Waals surface area contributed by atoms with Gasteiger partial charge in [0.15, 0.2) is 0 Å². The predicted molar refractivity (Wildman–Crippen MR) is 411 cm³/mol. The van der Waals surface area contributed by atoms with Crippen LogP contribution in [0.15, 0.2) is 267 Å².